The molecule has 2 aromatic rings. The van der Waals surface area contributed by atoms with Crippen LogP contribution in [-0.4, -0.2) is 40.2 Å². The molecule has 0 bridgehead atoms. The molecule has 1 aromatic carbocycles. The van der Waals surface area contributed by atoms with Crippen molar-refractivity contribution in [2.75, 3.05) is 18.6 Å². The minimum atomic E-state index is -0.994. The number of halogens is 1. The Kier molecular flexibility index (Phi) is 5.03. The molecule has 0 radical (unpaired) electrons. The Bertz CT molecular complexity index is 839. The first-order chi connectivity index (χ1) is 11.9. The molecule has 1 saturated heterocycles. The zero-order valence-corrected chi connectivity index (χ0v) is 15.0. The molecule has 3 rings (SSSR count). The summed E-state index contributed by atoms with van der Waals surface area (Å²) < 4.78 is 20.8. The van der Waals surface area contributed by atoms with Gasteiger partial charge in [0.25, 0.3) is 0 Å². The predicted molar refractivity (Wildman–Crippen MR) is 95.2 cm³/mol. The van der Waals surface area contributed by atoms with Gasteiger partial charge in [-0.3, -0.25) is 14.2 Å². The van der Waals surface area contributed by atoms with Crippen LogP contribution in [0.25, 0.3) is 10.9 Å². The third-order valence-corrected chi connectivity index (χ3v) is 5.78. The van der Waals surface area contributed by atoms with Crippen molar-refractivity contribution in [2.24, 2.45) is 5.92 Å². The molecular formula is C18H20FNO4S. The largest absolute Gasteiger partial charge is 0.494 e. The highest BCUT2D eigenvalue weighted by molar-refractivity contribution is 7.99. The van der Waals surface area contributed by atoms with E-state index >= 15 is 0 Å². The van der Waals surface area contributed by atoms with Crippen molar-refractivity contribution in [1.82, 2.24) is 4.57 Å². The summed E-state index contributed by atoms with van der Waals surface area (Å²) in [7, 11) is 1.36. The Balaban J connectivity index is 2.19. The van der Waals surface area contributed by atoms with Gasteiger partial charge in [-0.25, -0.2) is 4.39 Å². The molecule has 1 aliphatic rings. The summed E-state index contributed by atoms with van der Waals surface area (Å²) in [5.41, 5.74) is 1.50. The molecule has 1 fully saturated rings. The van der Waals surface area contributed by atoms with E-state index < -0.39 is 11.8 Å². The molecule has 0 amide bonds. The van der Waals surface area contributed by atoms with Crippen LogP contribution in [0, 0.1) is 18.7 Å². The zero-order valence-electron chi connectivity index (χ0n) is 14.2. The number of methoxy groups -OCH3 is 1. The van der Waals surface area contributed by atoms with E-state index in [0.29, 0.717) is 22.2 Å². The minimum absolute atomic E-state index is 0.0396. The maximum Gasteiger partial charge on any atom is 0.307 e. The van der Waals surface area contributed by atoms with E-state index in [1.54, 1.807) is 6.92 Å². The molecule has 0 spiro atoms. The fourth-order valence-corrected chi connectivity index (χ4v) is 4.53. The lowest BCUT2D eigenvalue weighted by Gasteiger charge is -2.21. The topological polar surface area (TPSA) is 68.5 Å². The van der Waals surface area contributed by atoms with Crippen LogP contribution in [-0.2, 0) is 11.2 Å². The van der Waals surface area contributed by atoms with Crippen molar-refractivity contribution < 1.29 is 23.8 Å². The molecule has 0 atom stereocenters. The third kappa shape index (κ3) is 3.25. The number of carbonyl (C=O) groups is 2. The van der Waals surface area contributed by atoms with Crippen LogP contribution in [0.3, 0.4) is 0 Å². The van der Waals surface area contributed by atoms with Gasteiger partial charge in [-0.05, 0) is 42.9 Å². The number of hydrogen-bond acceptors (Lipinski definition) is 4. The highest BCUT2D eigenvalue weighted by Crippen LogP contribution is 2.34. The quantitative estimate of drug-likeness (QED) is 0.898. The number of fused-ring (bicyclic) bond motifs is 1. The molecule has 25 heavy (non-hydrogen) atoms. The van der Waals surface area contributed by atoms with Gasteiger partial charge in [-0.2, -0.15) is 11.8 Å². The molecule has 7 heteroatoms. The van der Waals surface area contributed by atoms with Gasteiger partial charge in [0.15, 0.2) is 11.6 Å². The van der Waals surface area contributed by atoms with Crippen LogP contribution in [0.15, 0.2) is 12.1 Å². The fraction of sp³-hybridized carbons (Fsp3) is 0.444. The summed E-state index contributed by atoms with van der Waals surface area (Å²) in [5, 5.41) is 9.78. The first-order valence-electron chi connectivity index (χ1n) is 8.15. The number of nitrogens with zero attached hydrogens (tertiary/aromatic N) is 1. The van der Waals surface area contributed by atoms with Gasteiger partial charge in [0.1, 0.15) is 0 Å². The second-order valence-corrected chi connectivity index (χ2v) is 7.42. The summed E-state index contributed by atoms with van der Waals surface area (Å²) in [6, 6.07) is 2.75. The molecule has 1 N–H and O–H groups in total. The highest BCUT2D eigenvalue weighted by Gasteiger charge is 2.28. The normalized spacial score (nSPS) is 15.5. The highest BCUT2D eigenvalue weighted by atomic mass is 32.2. The molecule has 0 saturated carbocycles. The lowest BCUT2D eigenvalue weighted by molar-refractivity contribution is -0.136. The van der Waals surface area contributed by atoms with E-state index in [9.17, 15) is 19.1 Å². The van der Waals surface area contributed by atoms with Crippen molar-refractivity contribution in [2.45, 2.75) is 26.2 Å². The van der Waals surface area contributed by atoms with Gasteiger partial charge < -0.3 is 9.84 Å². The molecular weight excluding hydrogens is 345 g/mol. The molecule has 134 valence electrons. The van der Waals surface area contributed by atoms with E-state index in [2.05, 4.69) is 0 Å². The van der Waals surface area contributed by atoms with Gasteiger partial charge in [-0.1, -0.05) is 0 Å². The Morgan fingerprint density at radius 3 is 2.64 bits per heavy atom. The van der Waals surface area contributed by atoms with Crippen LogP contribution in [0.5, 0.6) is 5.75 Å². The number of carbonyl (C=O) groups excluding carboxylic acids is 1. The number of carboxylic acids is 1. The van der Waals surface area contributed by atoms with Crippen molar-refractivity contribution in [1.29, 1.82) is 0 Å². The number of hydrogen-bond donors (Lipinski definition) is 1. The van der Waals surface area contributed by atoms with E-state index in [0.717, 1.165) is 24.3 Å². The van der Waals surface area contributed by atoms with Crippen LogP contribution in [0.2, 0.25) is 0 Å². The number of aliphatic carboxylic acids is 1. The van der Waals surface area contributed by atoms with E-state index in [1.165, 1.54) is 23.8 Å². The maximum absolute atomic E-state index is 14.2. The SMILES string of the molecule is COc1cc2c(CC(=O)O)c(C)n(C(=O)C3CCSCC3)c2cc1F. The van der Waals surface area contributed by atoms with Gasteiger partial charge in [-0.15, -0.1) is 0 Å². The summed E-state index contributed by atoms with van der Waals surface area (Å²) in [4.78, 5) is 24.3. The minimum Gasteiger partial charge on any atom is -0.494 e. The summed E-state index contributed by atoms with van der Waals surface area (Å²) in [6.45, 7) is 1.72. The monoisotopic (exact) mass is 365 g/mol. The van der Waals surface area contributed by atoms with Crippen LogP contribution in [0.1, 0.15) is 28.9 Å². The standard InChI is InChI=1S/C18H20FNO4S/c1-10-12(8-17(21)22)13-7-16(24-2)14(19)9-15(13)20(10)18(23)11-3-5-25-6-4-11/h7,9,11H,3-6,8H2,1-2H3,(H,21,22). The molecule has 0 aliphatic carbocycles. The molecule has 1 aromatic heterocycles. The van der Waals surface area contributed by atoms with Crippen LogP contribution in [0.4, 0.5) is 4.39 Å². The molecule has 2 heterocycles. The fourth-order valence-electron chi connectivity index (χ4n) is 3.42. The third-order valence-electron chi connectivity index (χ3n) is 4.73. The Labute approximate surface area is 149 Å². The number of benzene rings is 1. The Morgan fingerprint density at radius 1 is 1.36 bits per heavy atom. The van der Waals surface area contributed by atoms with Gasteiger partial charge >= 0.3 is 5.97 Å². The number of carboxylic acid groups (broad SMARTS) is 1. The van der Waals surface area contributed by atoms with Crippen molar-refractivity contribution in [3.63, 3.8) is 0 Å². The van der Waals surface area contributed by atoms with Crippen molar-refractivity contribution in [3.8, 4) is 5.75 Å². The van der Waals surface area contributed by atoms with E-state index in [-0.39, 0.29) is 24.0 Å². The number of rotatable bonds is 4. The average molecular weight is 365 g/mol. The summed E-state index contributed by atoms with van der Waals surface area (Å²) in [5.74, 6) is 0.146. The average Bonchev–Trinajstić information content (AvgIpc) is 2.85. The van der Waals surface area contributed by atoms with Crippen molar-refractivity contribution in [3.05, 3.63) is 29.2 Å². The second-order valence-electron chi connectivity index (χ2n) is 6.20. The lowest BCUT2D eigenvalue weighted by Crippen LogP contribution is -2.26. The Hall–Kier alpha value is -2.02. The maximum atomic E-state index is 14.2. The summed E-state index contributed by atoms with van der Waals surface area (Å²) in [6.07, 6.45) is 1.35. The van der Waals surface area contributed by atoms with Gasteiger partial charge in [0, 0.05) is 23.1 Å². The smallest absolute Gasteiger partial charge is 0.307 e. The second kappa shape index (κ2) is 7.07. The predicted octanol–water partition coefficient (Wildman–Crippen LogP) is 3.51. The Morgan fingerprint density at radius 2 is 2.04 bits per heavy atom. The number of thioether (sulfide) groups is 1. The lowest BCUT2D eigenvalue weighted by atomic mass is 10.0. The first kappa shape index (κ1) is 17.8. The van der Waals surface area contributed by atoms with Crippen LogP contribution < -0.4 is 4.74 Å². The number of ether oxygens (including phenoxy) is 1. The first-order valence-corrected chi connectivity index (χ1v) is 9.30. The molecule has 1 aliphatic heterocycles. The van der Waals surface area contributed by atoms with Gasteiger partial charge in [0.2, 0.25) is 5.91 Å². The molecule has 0 unspecified atom stereocenters. The number of aromatic nitrogens is 1. The van der Waals surface area contributed by atoms with E-state index in [4.69, 9.17) is 4.74 Å². The summed E-state index contributed by atoms with van der Waals surface area (Å²) >= 11 is 1.82. The van der Waals surface area contributed by atoms with Crippen molar-refractivity contribution >= 4 is 34.5 Å². The van der Waals surface area contributed by atoms with E-state index in [1.807, 2.05) is 11.8 Å². The zero-order chi connectivity index (χ0) is 18.1. The molecule has 5 nitrogen and oxygen atoms in total. The van der Waals surface area contributed by atoms with Gasteiger partial charge in [0.05, 0.1) is 19.0 Å². The van der Waals surface area contributed by atoms with Crippen LogP contribution >= 0.6 is 11.8 Å².